The number of carbonyl (C=O) groups excluding carboxylic acids is 2. The third kappa shape index (κ3) is 3.65. The second kappa shape index (κ2) is 8.31. The molecule has 2 N–H and O–H groups in total. The molecule has 182 valence electrons. The van der Waals surface area contributed by atoms with E-state index in [4.69, 9.17) is 27.1 Å². The van der Waals surface area contributed by atoms with Crippen LogP contribution in [0, 0.1) is 5.41 Å². The number of aromatic nitrogens is 1. The van der Waals surface area contributed by atoms with Crippen LogP contribution in [0.25, 0.3) is 0 Å². The van der Waals surface area contributed by atoms with Gasteiger partial charge < -0.3 is 10.5 Å². The van der Waals surface area contributed by atoms with E-state index < -0.39 is 5.92 Å². The Kier molecular flexibility index (Phi) is 5.31. The molecule has 36 heavy (non-hydrogen) atoms. The van der Waals surface area contributed by atoms with E-state index in [9.17, 15) is 9.59 Å². The van der Waals surface area contributed by atoms with Crippen molar-refractivity contribution in [3.8, 4) is 5.88 Å². The topological polar surface area (TPSA) is 82.3 Å². The normalized spacial score (nSPS) is 22.4. The van der Waals surface area contributed by atoms with E-state index in [-0.39, 0.29) is 22.9 Å². The van der Waals surface area contributed by atoms with Gasteiger partial charge in [-0.2, -0.15) is 0 Å². The molecule has 0 saturated carbocycles. The van der Waals surface area contributed by atoms with Crippen molar-refractivity contribution in [3.63, 3.8) is 0 Å². The minimum atomic E-state index is -0.529. The maximum absolute atomic E-state index is 13.5. The zero-order chi connectivity index (χ0) is 25.2. The standard InChI is InChI=1S/C30H27ClN2O3/c1-30(2)14-22(35)26-23(15-30)36-29-27(24(26)18-10-6-7-11-19(18)31)28(32)25-20(33-29)12-17(13-21(25)34)16-8-4-3-5-9-16/h3-11,17,24H,12-15H2,1-2H3,(H2,32,33). The van der Waals surface area contributed by atoms with E-state index in [1.54, 1.807) is 6.07 Å². The highest BCUT2D eigenvalue weighted by Gasteiger charge is 2.45. The number of hydrogen-bond donors (Lipinski definition) is 1. The molecule has 1 aromatic heterocycles. The lowest BCUT2D eigenvalue weighted by Crippen LogP contribution is -2.34. The Morgan fingerprint density at radius 3 is 2.44 bits per heavy atom. The van der Waals surface area contributed by atoms with Crippen LogP contribution in [0.2, 0.25) is 5.02 Å². The monoisotopic (exact) mass is 498 g/mol. The van der Waals surface area contributed by atoms with Gasteiger partial charge in [-0.1, -0.05) is 74.0 Å². The Balaban J connectivity index is 1.55. The van der Waals surface area contributed by atoms with E-state index >= 15 is 0 Å². The number of nitrogens with zero attached hydrogens (tertiary/aromatic N) is 1. The first kappa shape index (κ1) is 23.0. The molecule has 2 atom stereocenters. The molecule has 0 amide bonds. The lowest BCUT2D eigenvalue weighted by molar-refractivity contribution is -0.118. The SMILES string of the molecule is CC1(C)CC(=O)C2=C(C1)Oc1nc3c(c(N)c1C2c1ccccc1Cl)C(=O)CC(c1ccccc1)C3. The van der Waals surface area contributed by atoms with Crippen LogP contribution in [-0.2, 0) is 11.2 Å². The number of pyridine rings is 1. The molecule has 2 aromatic carbocycles. The second-order valence-electron chi connectivity index (χ2n) is 10.8. The van der Waals surface area contributed by atoms with Crippen LogP contribution < -0.4 is 10.5 Å². The number of nitrogen functional groups attached to an aromatic ring is 1. The van der Waals surface area contributed by atoms with Crippen LogP contribution >= 0.6 is 11.6 Å². The summed E-state index contributed by atoms with van der Waals surface area (Å²) in [6, 6.07) is 17.5. The van der Waals surface area contributed by atoms with Crippen molar-refractivity contribution in [2.75, 3.05) is 5.73 Å². The minimum absolute atomic E-state index is 0.0180. The van der Waals surface area contributed by atoms with Crippen LogP contribution in [0.1, 0.15) is 77.7 Å². The number of fused-ring (bicyclic) bond motifs is 2. The fourth-order valence-electron chi connectivity index (χ4n) is 6.02. The van der Waals surface area contributed by atoms with E-state index in [1.165, 1.54) is 0 Å². The number of ketones is 2. The molecule has 5 nitrogen and oxygen atoms in total. The van der Waals surface area contributed by atoms with Gasteiger partial charge in [0.25, 0.3) is 0 Å². The number of rotatable bonds is 2. The van der Waals surface area contributed by atoms with Gasteiger partial charge in [-0.15, -0.1) is 0 Å². The molecule has 3 aromatic rings. The molecule has 2 aliphatic carbocycles. The summed E-state index contributed by atoms with van der Waals surface area (Å²) in [5, 5.41) is 0.535. The highest BCUT2D eigenvalue weighted by Crippen LogP contribution is 2.53. The van der Waals surface area contributed by atoms with Gasteiger partial charge in [-0.25, -0.2) is 4.98 Å². The highest BCUT2D eigenvalue weighted by atomic mass is 35.5. The third-order valence-electron chi connectivity index (χ3n) is 7.63. The maximum atomic E-state index is 13.5. The molecular weight excluding hydrogens is 472 g/mol. The van der Waals surface area contributed by atoms with Crippen molar-refractivity contribution in [2.24, 2.45) is 5.41 Å². The second-order valence-corrected chi connectivity index (χ2v) is 11.2. The Morgan fingerprint density at radius 2 is 1.69 bits per heavy atom. The molecule has 0 radical (unpaired) electrons. The molecule has 0 bridgehead atoms. The predicted molar refractivity (Wildman–Crippen MR) is 139 cm³/mol. The van der Waals surface area contributed by atoms with Crippen LogP contribution in [0.4, 0.5) is 5.69 Å². The third-order valence-corrected chi connectivity index (χ3v) is 7.97. The summed E-state index contributed by atoms with van der Waals surface area (Å²) in [7, 11) is 0. The van der Waals surface area contributed by atoms with Crippen LogP contribution in [-0.4, -0.2) is 16.6 Å². The summed E-state index contributed by atoms with van der Waals surface area (Å²) in [5.41, 5.74) is 11.0. The fraction of sp³-hybridized carbons (Fsp3) is 0.300. The molecule has 6 heteroatoms. The molecular formula is C30H27ClN2O3. The summed E-state index contributed by atoms with van der Waals surface area (Å²) in [5.74, 6) is 0.489. The number of Topliss-reactive ketones (excluding diaryl/α,β-unsaturated/α-hetero) is 2. The molecule has 1 aliphatic heterocycles. The average molecular weight is 499 g/mol. The molecule has 0 spiro atoms. The average Bonchev–Trinajstić information content (AvgIpc) is 2.82. The number of ether oxygens (including phenoxy) is 1. The molecule has 0 fully saturated rings. The largest absolute Gasteiger partial charge is 0.443 e. The number of anilines is 1. The van der Waals surface area contributed by atoms with Crippen LogP contribution in [0.15, 0.2) is 65.9 Å². The van der Waals surface area contributed by atoms with Gasteiger partial charge in [0, 0.05) is 35.8 Å². The first-order valence-corrected chi connectivity index (χ1v) is 12.7. The highest BCUT2D eigenvalue weighted by molar-refractivity contribution is 6.31. The van der Waals surface area contributed by atoms with Crippen molar-refractivity contribution in [3.05, 3.63) is 98.9 Å². The number of nitrogens with two attached hydrogens (primary N) is 1. The van der Waals surface area contributed by atoms with E-state index in [0.717, 1.165) is 11.1 Å². The van der Waals surface area contributed by atoms with Gasteiger partial charge >= 0.3 is 0 Å². The lowest BCUT2D eigenvalue weighted by Gasteiger charge is -2.39. The molecule has 3 aliphatic rings. The summed E-state index contributed by atoms with van der Waals surface area (Å²) < 4.78 is 6.37. The van der Waals surface area contributed by atoms with Gasteiger partial charge in [0.05, 0.1) is 22.5 Å². The maximum Gasteiger partial charge on any atom is 0.225 e. The lowest BCUT2D eigenvalue weighted by atomic mass is 9.69. The fourth-order valence-corrected chi connectivity index (χ4v) is 6.27. The molecule has 2 heterocycles. The summed E-state index contributed by atoms with van der Waals surface area (Å²) in [4.78, 5) is 31.9. The first-order valence-electron chi connectivity index (χ1n) is 12.3. The summed E-state index contributed by atoms with van der Waals surface area (Å²) in [6.45, 7) is 4.13. The van der Waals surface area contributed by atoms with Crippen molar-refractivity contribution in [1.82, 2.24) is 4.98 Å². The number of halogens is 1. The van der Waals surface area contributed by atoms with Crippen molar-refractivity contribution in [2.45, 2.75) is 51.4 Å². The minimum Gasteiger partial charge on any atom is -0.443 e. The Labute approximate surface area is 215 Å². The molecule has 2 unspecified atom stereocenters. The van der Waals surface area contributed by atoms with E-state index in [1.807, 2.05) is 48.5 Å². The van der Waals surface area contributed by atoms with Gasteiger partial charge in [-0.3, -0.25) is 9.59 Å². The number of allylic oxidation sites excluding steroid dienone is 2. The van der Waals surface area contributed by atoms with E-state index in [0.29, 0.717) is 70.4 Å². The van der Waals surface area contributed by atoms with Crippen molar-refractivity contribution in [1.29, 1.82) is 0 Å². The zero-order valence-electron chi connectivity index (χ0n) is 20.3. The number of carbonyl (C=O) groups is 2. The molecule has 0 saturated heterocycles. The van der Waals surface area contributed by atoms with E-state index in [2.05, 4.69) is 13.8 Å². The smallest absolute Gasteiger partial charge is 0.225 e. The van der Waals surface area contributed by atoms with Gasteiger partial charge in [0.15, 0.2) is 11.6 Å². The Morgan fingerprint density at radius 1 is 0.972 bits per heavy atom. The summed E-state index contributed by atoms with van der Waals surface area (Å²) >= 11 is 6.67. The number of benzene rings is 2. The van der Waals surface area contributed by atoms with Gasteiger partial charge in [-0.05, 0) is 34.9 Å². The van der Waals surface area contributed by atoms with Crippen LogP contribution in [0.5, 0.6) is 5.88 Å². The Bertz CT molecular complexity index is 1460. The van der Waals surface area contributed by atoms with Crippen molar-refractivity contribution >= 4 is 28.9 Å². The first-order chi connectivity index (χ1) is 17.2. The zero-order valence-corrected chi connectivity index (χ0v) is 21.1. The predicted octanol–water partition coefficient (Wildman–Crippen LogP) is 6.40. The Hall–Kier alpha value is -3.44. The van der Waals surface area contributed by atoms with Crippen LogP contribution in [0.3, 0.4) is 0 Å². The number of hydrogen-bond acceptors (Lipinski definition) is 5. The summed E-state index contributed by atoms with van der Waals surface area (Å²) in [6.07, 6.45) is 1.97. The van der Waals surface area contributed by atoms with Gasteiger partial charge in [0.2, 0.25) is 5.88 Å². The van der Waals surface area contributed by atoms with Gasteiger partial charge in [0.1, 0.15) is 5.76 Å². The quantitative estimate of drug-likeness (QED) is 0.442. The van der Waals surface area contributed by atoms with Crippen molar-refractivity contribution < 1.29 is 14.3 Å². The molecule has 6 rings (SSSR count).